The summed E-state index contributed by atoms with van der Waals surface area (Å²) in [7, 11) is -4.67. The Morgan fingerprint density at radius 2 is 1.00 bits per heavy atom. The van der Waals surface area contributed by atoms with Crippen LogP contribution in [-0.4, -0.2) is 90.0 Å². The molecule has 0 aromatic heterocycles. The molecule has 0 spiro atoms. The number of unbranched alkanes of at least 4 members (excludes halogenated alkanes) is 9. The van der Waals surface area contributed by atoms with Crippen molar-refractivity contribution in [3.63, 3.8) is 0 Å². The molecule has 0 aliphatic heterocycles. The Bertz CT molecular complexity index is 448. The maximum Gasteiger partial charge on any atom is 0.394 e. The third-order valence-corrected chi connectivity index (χ3v) is 4.22. The van der Waals surface area contributed by atoms with Gasteiger partial charge in [0, 0.05) is 0 Å². The number of aliphatic hydroxyl groups excluding tert-OH is 2. The summed E-state index contributed by atoms with van der Waals surface area (Å²) in [5, 5.41) is 32.5. The minimum atomic E-state index is -4.67. The smallest absolute Gasteiger partial charge is 0.394 e. The Labute approximate surface area is 184 Å². The average molecular weight is 440 g/mol. The van der Waals surface area contributed by atoms with Crippen molar-refractivity contribution in [1.82, 2.24) is 0 Å². The first-order valence-corrected chi connectivity index (χ1v) is 12.2. The van der Waals surface area contributed by atoms with E-state index in [1.807, 2.05) is 0 Å². The van der Waals surface area contributed by atoms with E-state index >= 15 is 0 Å². The van der Waals surface area contributed by atoms with Crippen molar-refractivity contribution in [2.75, 3.05) is 0 Å². The van der Waals surface area contributed by atoms with Gasteiger partial charge in [0.05, 0.1) is 0 Å². The fraction of sp³-hybridized carbons (Fsp3) is 0.875. The van der Waals surface area contributed by atoms with Crippen molar-refractivity contribution in [2.45, 2.75) is 87.0 Å². The molecule has 164 valence electrons. The van der Waals surface area contributed by atoms with Gasteiger partial charge < -0.3 is 20.4 Å². The van der Waals surface area contributed by atoms with Crippen LogP contribution in [-0.2, 0) is 20.0 Å². The van der Waals surface area contributed by atoms with Crippen LogP contribution in [0.4, 0.5) is 0 Å². The summed E-state index contributed by atoms with van der Waals surface area (Å²) >= 11 is 1.41. The largest absolute Gasteiger partial charge is 0.479 e. The summed E-state index contributed by atoms with van der Waals surface area (Å²) in [4.78, 5) is 19.5. The Balaban J connectivity index is -0.000000368. The SMILES string of the molecule is CCCCCCCCCCC[CH2][Na].O=C(O)C(O)C(O)C(=O)O.O=S(=O)(O)O. The molecule has 0 heterocycles. The number of aliphatic carboxylic acids is 2. The number of carbonyl (C=O) groups is 2. The van der Waals surface area contributed by atoms with Crippen molar-refractivity contribution in [3.05, 3.63) is 0 Å². The van der Waals surface area contributed by atoms with Crippen LogP contribution in [0.25, 0.3) is 0 Å². The van der Waals surface area contributed by atoms with Crippen molar-refractivity contribution >= 4 is 50.3 Å². The van der Waals surface area contributed by atoms with Crippen LogP contribution < -0.4 is 0 Å². The van der Waals surface area contributed by atoms with Crippen molar-refractivity contribution < 1.29 is 47.5 Å². The number of carboxylic acid groups (broad SMARTS) is 2. The first-order chi connectivity index (χ1) is 12.9. The molecular formula is C16H33NaO10S. The van der Waals surface area contributed by atoms with Crippen molar-refractivity contribution in [1.29, 1.82) is 0 Å². The summed E-state index contributed by atoms with van der Waals surface area (Å²) in [6.45, 7) is 2.29. The van der Waals surface area contributed by atoms with Crippen LogP contribution in [0, 0.1) is 0 Å². The molecule has 0 aromatic rings. The number of aliphatic hydroxyl groups is 2. The average Bonchev–Trinajstić information content (AvgIpc) is 2.58. The first-order valence-electron chi connectivity index (χ1n) is 9.40. The van der Waals surface area contributed by atoms with E-state index in [2.05, 4.69) is 6.92 Å². The predicted octanol–water partition coefficient (Wildman–Crippen LogP) is 1.72. The molecule has 0 aliphatic rings. The zero-order chi connectivity index (χ0) is 22.6. The van der Waals surface area contributed by atoms with Gasteiger partial charge in [-0.15, -0.1) is 0 Å². The Morgan fingerprint density at radius 1 is 0.750 bits per heavy atom. The molecule has 10 nitrogen and oxygen atoms in total. The second-order valence-corrected chi connectivity index (χ2v) is 8.09. The van der Waals surface area contributed by atoms with Gasteiger partial charge in [-0.1, -0.05) is 0 Å². The number of rotatable bonds is 13. The molecule has 28 heavy (non-hydrogen) atoms. The topological polar surface area (TPSA) is 190 Å². The summed E-state index contributed by atoms with van der Waals surface area (Å²) in [5.41, 5.74) is 0. The molecule has 0 radical (unpaired) electrons. The molecule has 0 aliphatic carbocycles. The molecule has 12 heteroatoms. The summed E-state index contributed by atoms with van der Waals surface area (Å²) in [5.74, 6) is -3.54. The molecule has 0 saturated carbocycles. The molecule has 0 bridgehead atoms. The zero-order valence-corrected chi connectivity index (χ0v) is 19.5. The van der Waals surface area contributed by atoms with E-state index in [-0.39, 0.29) is 0 Å². The number of hydrogen-bond acceptors (Lipinski definition) is 6. The van der Waals surface area contributed by atoms with Gasteiger partial charge in [0.2, 0.25) is 0 Å². The van der Waals surface area contributed by atoms with Crippen LogP contribution >= 0.6 is 0 Å². The second-order valence-electron chi connectivity index (χ2n) is 6.20. The van der Waals surface area contributed by atoms with Crippen molar-refractivity contribution in [3.8, 4) is 0 Å². The Morgan fingerprint density at radius 3 is 1.21 bits per heavy atom. The summed E-state index contributed by atoms with van der Waals surface area (Å²) in [6, 6.07) is 0. The maximum atomic E-state index is 9.77. The van der Waals surface area contributed by atoms with Crippen LogP contribution in [0.1, 0.15) is 71.1 Å². The van der Waals surface area contributed by atoms with E-state index < -0.39 is 34.5 Å². The number of hydrogen-bond donors (Lipinski definition) is 6. The van der Waals surface area contributed by atoms with Gasteiger partial charge >= 0.3 is 125 Å². The second kappa shape index (κ2) is 21.4. The normalized spacial score (nSPS) is 12.7. The third kappa shape index (κ3) is 33.3. The standard InChI is InChI=1S/C12H25.C4H6O6.Na.H2O4S/c1-3-5-7-9-11-12-10-8-6-4-2;5-1(3(7)8)2(6)4(9)10;;1-5(2,3)4/h1,3-12H2,2H3;1-2,5-6H,(H,7,8)(H,9,10);;(H2,1,2,3,4). The van der Waals surface area contributed by atoms with Crippen LogP contribution in [0.15, 0.2) is 0 Å². The fourth-order valence-corrected chi connectivity index (χ4v) is 2.51. The Kier molecular flexibility index (Phi) is 24.8. The molecule has 0 fully saturated rings. The zero-order valence-electron chi connectivity index (χ0n) is 16.7. The fourth-order valence-electron chi connectivity index (χ4n) is 2.01. The van der Waals surface area contributed by atoms with Gasteiger partial charge in [0.15, 0.2) is 12.2 Å². The molecule has 0 rings (SSSR count). The molecule has 0 amide bonds. The van der Waals surface area contributed by atoms with E-state index in [1.54, 1.807) is 0 Å². The molecule has 2 atom stereocenters. The van der Waals surface area contributed by atoms with Gasteiger partial charge in [-0.05, 0) is 0 Å². The van der Waals surface area contributed by atoms with Gasteiger partial charge in [-0.25, -0.2) is 9.59 Å². The molecule has 6 N–H and O–H groups in total. The van der Waals surface area contributed by atoms with Gasteiger partial charge in [-0.3, -0.25) is 9.11 Å². The monoisotopic (exact) mass is 440 g/mol. The van der Waals surface area contributed by atoms with E-state index in [0.29, 0.717) is 0 Å². The van der Waals surface area contributed by atoms with E-state index in [4.69, 9.17) is 37.9 Å². The van der Waals surface area contributed by atoms with Gasteiger partial charge in [0.25, 0.3) is 0 Å². The summed E-state index contributed by atoms with van der Waals surface area (Å²) < 4.78 is 33.1. The third-order valence-electron chi connectivity index (χ3n) is 3.51. The quantitative estimate of drug-likeness (QED) is 0.140. The van der Waals surface area contributed by atoms with Gasteiger partial charge in [0.1, 0.15) is 0 Å². The van der Waals surface area contributed by atoms with E-state index in [9.17, 15) is 9.59 Å². The first kappa shape index (κ1) is 32.4. The van der Waals surface area contributed by atoms with Gasteiger partial charge in [-0.2, -0.15) is 8.42 Å². The minimum absolute atomic E-state index is 1.38. The van der Waals surface area contributed by atoms with Crippen molar-refractivity contribution in [2.24, 2.45) is 0 Å². The van der Waals surface area contributed by atoms with E-state index in [1.165, 1.54) is 95.8 Å². The van der Waals surface area contributed by atoms with Crippen LogP contribution in [0.2, 0.25) is 3.67 Å². The molecule has 0 aromatic carbocycles. The molecule has 2 unspecified atom stereocenters. The number of carboxylic acids is 2. The summed E-state index contributed by atoms with van der Waals surface area (Å²) in [6.07, 6.45) is 10.2. The van der Waals surface area contributed by atoms with Crippen LogP contribution in [0.5, 0.6) is 0 Å². The predicted molar refractivity (Wildman–Crippen MR) is 104 cm³/mol. The maximum absolute atomic E-state index is 9.77. The molecule has 0 saturated heterocycles. The van der Waals surface area contributed by atoms with E-state index in [0.717, 1.165) is 0 Å². The van der Waals surface area contributed by atoms with Crippen LogP contribution in [0.3, 0.4) is 0 Å². The Hall–Kier alpha value is -0.270. The molecular weight excluding hydrogens is 407 g/mol. The minimum Gasteiger partial charge on any atom is -0.479 e.